The van der Waals surface area contributed by atoms with Crippen molar-refractivity contribution in [3.05, 3.63) is 95.6 Å². The summed E-state index contributed by atoms with van der Waals surface area (Å²) in [7, 11) is 0. The molecule has 4 saturated carbocycles. The van der Waals surface area contributed by atoms with Gasteiger partial charge in [0.25, 0.3) is 0 Å². The SMILES string of the molecule is Oc1ccc(C2C3CCCC2CCC3)cc1.c1ccc(COc2ccc(C3C4CCCC3CCC4)cc2)cc1. The molecule has 4 fully saturated rings. The maximum absolute atomic E-state index is 9.36. The smallest absolute Gasteiger partial charge is 0.119 e. The average Bonchev–Trinajstić information content (AvgIpc) is 2.97. The Morgan fingerprint density at radius 1 is 0.513 bits per heavy atom. The molecule has 2 heteroatoms. The fraction of sp³-hybridized carbons (Fsp3) is 0.514. The normalized spacial score (nSPS) is 29.5. The number of ether oxygens (including phenoxy) is 1. The highest BCUT2D eigenvalue weighted by Crippen LogP contribution is 2.51. The molecule has 0 atom stereocenters. The lowest BCUT2D eigenvalue weighted by atomic mass is 9.62. The number of benzene rings is 3. The molecule has 0 heterocycles. The molecule has 39 heavy (non-hydrogen) atoms. The molecular weight excluding hydrogens is 476 g/mol. The molecule has 0 unspecified atom stereocenters. The Morgan fingerprint density at radius 2 is 0.923 bits per heavy atom. The summed E-state index contributed by atoms with van der Waals surface area (Å²) in [6.45, 7) is 0.648. The molecule has 3 aromatic carbocycles. The molecular formula is C37H46O2. The van der Waals surface area contributed by atoms with Crippen LogP contribution in [0.2, 0.25) is 0 Å². The van der Waals surface area contributed by atoms with Crippen molar-refractivity contribution in [3.63, 3.8) is 0 Å². The number of rotatable bonds is 5. The van der Waals surface area contributed by atoms with E-state index in [1.807, 2.05) is 18.2 Å². The molecule has 4 aliphatic rings. The predicted molar refractivity (Wildman–Crippen MR) is 160 cm³/mol. The van der Waals surface area contributed by atoms with Gasteiger partial charge in [0.05, 0.1) is 0 Å². The summed E-state index contributed by atoms with van der Waals surface area (Å²) in [6, 6.07) is 27.3. The van der Waals surface area contributed by atoms with Gasteiger partial charge in [0.15, 0.2) is 0 Å². The van der Waals surface area contributed by atoms with Crippen LogP contribution in [0.25, 0.3) is 0 Å². The molecule has 206 valence electrons. The van der Waals surface area contributed by atoms with Crippen molar-refractivity contribution < 1.29 is 9.84 Å². The van der Waals surface area contributed by atoms with Gasteiger partial charge in [-0.3, -0.25) is 0 Å². The van der Waals surface area contributed by atoms with Gasteiger partial charge in [-0.15, -0.1) is 0 Å². The molecule has 0 spiro atoms. The molecule has 0 aliphatic heterocycles. The molecule has 7 rings (SSSR count). The fourth-order valence-corrected chi connectivity index (χ4v) is 8.66. The Hall–Kier alpha value is -2.74. The monoisotopic (exact) mass is 522 g/mol. The van der Waals surface area contributed by atoms with Crippen molar-refractivity contribution in [2.24, 2.45) is 23.7 Å². The summed E-state index contributed by atoms with van der Waals surface area (Å²) in [5.74, 6) is 6.65. The van der Waals surface area contributed by atoms with E-state index in [9.17, 15) is 5.11 Å². The summed E-state index contributed by atoms with van der Waals surface area (Å²) < 4.78 is 5.93. The van der Waals surface area contributed by atoms with E-state index < -0.39 is 0 Å². The fourth-order valence-electron chi connectivity index (χ4n) is 8.66. The minimum absolute atomic E-state index is 0.393. The third kappa shape index (κ3) is 6.37. The van der Waals surface area contributed by atoms with E-state index in [1.165, 1.54) is 88.2 Å². The quantitative estimate of drug-likeness (QED) is 0.361. The third-order valence-electron chi connectivity index (χ3n) is 10.4. The molecule has 2 nitrogen and oxygen atoms in total. The number of hydrogen-bond acceptors (Lipinski definition) is 2. The summed E-state index contributed by atoms with van der Waals surface area (Å²) in [5.41, 5.74) is 4.23. The summed E-state index contributed by atoms with van der Waals surface area (Å²) in [4.78, 5) is 0. The highest BCUT2D eigenvalue weighted by molar-refractivity contribution is 5.32. The van der Waals surface area contributed by atoms with Crippen molar-refractivity contribution in [3.8, 4) is 11.5 Å². The molecule has 4 aliphatic carbocycles. The molecule has 1 N–H and O–H groups in total. The summed E-state index contributed by atoms with van der Waals surface area (Å²) in [5, 5.41) is 9.36. The number of hydrogen-bond donors (Lipinski definition) is 1. The van der Waals surface area contributed by atoms with E-state index in [4.69, 9.17) is 4.74 Å². The van der Waals surface area contributed by atoms with Crippen LogP contribution in [0, 0.1) is 23.7 Å². The molecule has 0 radical (unpaired) electrons. The maximum atomic E-state index is 9.36. The maximum Gasteiger partial charge on any atom is 0.119 e. The molecule has 3 aromatic rings. The first-order chi connectivity index (χ1) is 19.2. The van der Waals surface area contributed by atoms with Crippen LogP contribution in [-0.4, -0.2) is 5.11 Å². The lowest BCUT2D eigenvalue weighted by Gasteiger charge is -2.43. The van der Waals surface area contributed by atoms with Crippen molar-refractivity contribution in [2.45, 2.75) is 95.5 Å². The van der Waals surface area contributed by atoms with Crippen LogP contribution < -0.4 is 4.74 Å². The highest BCUT2D eigenvalue weighted by Gasteiger charge is 2.38. The number of fused-ring (bicyclic) bond motifs is 4. The highest BCUT2D eigenvalue weighted by atomic mass is 16.5. The largest absolute Gasteiger partial charge is 0.508 e. The third-order valence-corrected chi connectivity index (χ3v) is 10.4. The van der Waals surface area contributed by atoms with Gasteiger partial charge >= 0.3 is 0 Å². The van der Waals surface area contributed by atoms with Crippen LogP contribution in [0.1, 0.15) is 106 Å². The van der Waals surface area contributed by atoms with E-state index in [2.05, 4.69) is 60.7 Å². The van der Waals surface area contributed by atoms with Gasteiger partial charge < -0.3 is 9.84 Å². The Morgan fingerprint density at radius 3 is 1.36 bits per heavy atom. The summed E-state index contributed by atoms with van der Waals surface area (Å²) in [6.07, 6.45) is 17.2. The van der Waals surface area contributed by atoms with Crippen LogP contribution in [0.5, 0.6) is 11.5 Å². The molecule has 4 bridgehead atoms. The standard InChI is InChI=1S/C22H26O.C15H20O/c1-2-6-17(7-3-1)16-23-21-14-12-20(13-15-21)22-18-8-4-9-19(22)11-5-10-18;16-14-9-7-13(8-10-14)15-11-3-1-4-12(15)6-2-5-11/h1-3,6-7,12-15,18-19,22H,4-5,8-11,16H2;7-12,15-16H,1-6H2. The second-order valence-electron chi connectivity index (χ2n) is 12.8. The van der Waals surface area contributed by atoms with Crippen molar-refractivity contribution in [1.29, 1.82) is 0 Å². The van der Waals surface area contributed by atoms with Crippen LogP contribution >= 0.6 is 0 Å². The summed E-state index contributed by atoms with van der Waals surface area (Å²) >= 11 is 0. The van der Waals surface area contributed by atoms with Crippen LogP contribution in [0.3, 0.4) is 0 Å². The number of phenolic OH excluding ortho intramolecular Hbond substituents is 1. The second kappa shape index (κ2) is 12.6. The zero-order valence-electron chi connectivity index (χ0n) is 23.5. The predicted octanol–water partition coefficient (Wildman–Crippen LogP) is 10.0. The average molecular weight is 523 g/mol. The number of aromatic hydroxyl groups is 1. The minimum Gasteiger partial charge on any atom is -0.508 e. The first-order valence-corrected chi connectivity index (χ1v) is 15.8. The first kappa shape index (κ1) is 26.5. The van der Waals surface area contributed by atoms with Crippen molar-refractivity contribution >= 4 is 0 Å². The molecule has 0 saturated heterocycles. The minimum atomic E-state index is 0.393. The van der Waals surface area contributed by atoms with Crippen LogP contribution in [0.15, 0.2) is 78.9 Å². The zero-order valence-corrected chi connectivity index (χ0v) is 23.5. The van der Waals surface area contributed by atoms with Gasteiger partial charge in [-0.25, -0.2) is 0 Å². The zero-order chi connectivity index (χ0) is 26.4. The van der Waals surface area contributed by atoms with Crippen molar-refractivity contribution in [2.75, 3.05) is 0 Å². The Labute approximate surface area is 235 Å². The van der Waals surface area contributed by atoms with E-state index in [0.29, 0.717) is 12.4 Å². The Kier molecular flexibility index (Phi) is 8.57. The van der Waals surface area contributed by atoms with E-state index in [-0.39, 0.29) is 0 Å². The van der Waals surface area contributed by atoms with Gasteiger partial charge in [-0.05, 0) is 128 Å². The van der Waals surface area contributed by atoms with Gasteiger partial charge in [0.1, 0.15) is 18.1 Å². The lowest BCUT2D eigenvalue weighted by Crippen LogP contribution is -2.30. The topological polar surface area (TPSA) is 29.5 Å². The Balaban J connectivity index is 0.000000151. The molecule has 0 amide bonds. The van der Waals surface area contributed by atoms with Gasteiger partial charge in [0, 0.05) is 0 Å². The first-order valence-electron chi connectivity index (χ1n) is 15.8. The van der Waals surface area contributed by atoms with Crippen molar-refractivity contribution in [1.82, 2.24) is 0 Å². The lowest BCUT2D eigenvalue weighted by molar-refractivity contribution is 0.149. The molecule has 0 aromatic heterocycles. The second-order valence-corrected chi connectivity index (χ2v) is 12.8. The van der Waals surface area contributed by atoms with Gasteiger partial charge in [-0.1, -0.05) is 80.3 Å². The van der Waals surface area contributed by atoms with Crippen LogP contribution in [-0.2, 0) is 6.61 Å². The van der Waals surface area contributed by atoms with E-state index >= 15 is 0 Å². The van der Waals surface area contributed by atoms with Gasteiger partial charge in [0.2, 0.25) is 0 Å². The van der Waals surface area contributed by atoms with E-state index in [1.54, 1.807) is 5.56 Å². The number of phenols is 1. The van der Waals surface area contributed by atoms with Gasteiger partial charge in [-0.2, -0.15) is 0 Å². The Bertz CT molecular complexity index is 1110. The van der Waals surface area contributed by atoms with Crippen LogP contribution in [0.4, 0.5) is 0 Å². The van der Waals surface area contributed by atoms with E-state index in [0.717, 1.165) is 41.3 Å².